The number of rotatable bonds is 26. The first-order valence-corrected chi connectivity index (χ1v) is 42.6. The molecule has 8 rings (SSSR count). The summed E-state index contributed by atoms with van der Waals surface area (Å²) in [4.78, 5) is 5.33. The fraction of sp³-hybridized carbons (Fsp3) is 0.342. The van der Waals surface area contributed by atoms with Crippen molar-refractivity contribution in [3.63, 3.8) is 0 Å². The fourth-order valence-electron chi connectivity index (χ4n) is 9.73. The highest BCUT2D eigenvalue weighted by Gasteiger charge is 2.83. The van der Waals surface area contributed by atoms with Crippen molar-refractivity contribution in [1.82, 2.24) is 0 Å². The molecule has 0 aliphatic heterocycles. The molecule has 0 aliphatic carbocycles. The Labute approximate surface area is 655 Å². The molecule has 0 aromatic heterocycles. The van der Waals surface area contributed by atoms with Gasteiger partial charge in [-0.25, -0.2) is 51.6 Å². The van der Waals surface area contributed by atoms with Gasteiger partial charge in [-0.1, -0.05) is 107 Å². The fourth-order valence-corrected chi connectivity index (χ4v) is 18.5. The molecule has 0 saturated carbocycles. The Hall–Kier alpha value is -7.74. The monoisotopic (exact) mass is 1790 g/mol. The average Bonchev–Trinajstić information content (AvgIpc) is 0.718. The first-order chi connectivity index (χ1) is 52.3. The lowest BCUT2D eigenvalue weighted by Crippen LogP contribution is -2.61. The van der Waals surface area contributed by atoms with Gasteiger partial charge >= 0.3 is 58.6 Å². The van der Waals surface area contributed by atoms with Crippen molar-refractivity contribution in [3.05, 3.63) is 242 Å². The third-order valence-electron chi connectivity index (χ3n) is 16.1. The maximum Gasteiger partial charge on any atom is 0.480 e. The van der Waals surface area contributed by atoms with E-state index in [1.54, 1.807) is 100 Å². The van der Waals surface area contributed by atoms with Crippen molar-refractivity contribution in [1.29, 1.82) is 0 Å². The summed E-state index contributed by atoms with van der Waals surface area (Å²) >= 11 is 0. The highest BCUT2D eigenvalue weighted by molar-refractivity contribution is 8.13. The van der Waals surface area contributed by atoms with Gasteiger partial charge in [-0.05, 0) is 214 Å². The van der Waals surface area contributed by atoms with Crippen LogP contribution in [0.5, 0.6) is 11.5 Å². The molecule has 0 aliphatic rings. The van der Waals surface area contributed by atoms with Crippen molar-refractivity contribution < 1.29 is 147 Å². The van der Waals surface area contributed by atoms with E-state index in [-0.39, 0.29) is 69.0 Å². The van der Waals surface area contributed by atoms with Crippen molar-refractivity contribution in [2.45, 2.75) is 186 Å². The molecule has 0 fully saturated rings. The lowest BCUT2D eigenvalue weighted by Gasteiger charge is -2.35. The first kappa shape index (κ1) is 97.8. The third kappa shape index (κ3) is 22.0. The number of benzene rings is 8. The minimum Gasteiger partial charge on any atom is -0.743 e. The summed E-state index contributed by atoms with van der Waals surface area (Å²) in [6.07, 6.45) is 0. The molecular weight excluding hydrogens is 1720 g/mol. The van der Waals surface area contributed by atoms with Crippen LogP contribution >= 0.6 is 0 Å². The summed E-state index contributed by atoms with van der Waals surface area (Å²) in [7, 11) is -38.1. The van der Waals surface area contributed by atoms with Crippen molar-refractivity contribution >= 4 is 72.2 Å². The van der Waals surface area contributed by atoms with Crippen LogP contribution in [-0.2, 0) is 72.2 Å². The molecule has 14 nitrogen and oxygen atoms in total. The van der Waals surface area contributed by atoms with Crippen LogP contribution in [0.15, 0.2) is 199 Å². The topological polar surface area (TPSA) is 226 Å². The van der Waals surface area contributed by atoms with Crippen molar-refractivity contribution in [2.75, 3.05) is 0 Å². The zero-order valence-corrected chi connectivity index (χ0v) is 67.4. The molecule has 0 atom stereocenters. The molecule has 0 saturated heterocycles. The van der Waals surface area contributed by atoms with Gasteiger partial charge in [0, 0.05) is 0 Å². The number of hydrogen-bond acceptors (Lipinski definition) is 13. The third-order valence-corrected chi connectivity index (χ3v) is 27.0. The second-order valence-corrected chi connectivity index (χ2v) is 38.7. The molecule has 115 heavy (non-hydrogen) atoms. The van der Waals surface area contributed by atoms with Crippen LogP contribution in [0.1, 0.15) is 152 Å². The van der Waals surface area contributed by atoms with Gasteiger partial charge in [0.05, 0.1) is 21.8 Å². The van der Waals surface area contributed by atoms with Crippen LogP contribution < -0.4 is 8.37 Å². The van der Waals surface area contributed by atoms with Gasteiger partial charge in [0.25, 0.3) is 0 Å². The van der Waals surface area contributed by atoms with E-state index in [4.69, 9.17) is 0 Å². The lowest BCUT2D eigenvalue weighted by molar-refractivity contribution is -0.247. The first-order valence-electron chi connectivity index (χ1n) is 33.1. The van der Waals surface area contributed by atoms with E-state index in [1.807, 2.05) is 0 Å². The quantitative estimate of drug-likeness (QED) is 0.0213. The second-order valence-electron chi connectivity index (χ2n) is 26.5. The molecule has 8 aromatic carbocycles. The van der Waals surface area contributed by atoms with E-state index in [2.05, 4.69) is 8.37 Å². The molecule has 0 N–H and O–H groups in total. The molecule has 0 unspecified atom stereocenters. The molecule has 0 amide bonds. The van der Waals surface area contributed by atoms with E-state index >= 15 is 0 Å². The Kier molecular flexibility index (Phi) is 31.2. The normalized spacial score (nSPS) is 13.3. The Morgan fingerprint density at radius 3 is 0.652 bits per heavy atom. The molecule has 634 valence electrons. The summed E-state index contributed by atoms with van der Waals surface area (Å²) in [5.41, 5.74) is -5.79. The molecule has 0 spiro atoms. The highest BCUT2D eigenvalue weighted by atomic mass is 32.3. The number of hydrogen-bond donors (Lipinski definition) is 0. The molecule has 0 radical (unpaired) electrons. The van der Waals surface area contributed by atoms with Crippen LogP contribution in [-0.4, -0.2) is 85.0 Å². The predicted octanol–water partition coefficient (Wildman–Crippen LogP) is 21.7. The van der Waals surface area contributed by atoms with Crippen molar-refractivity contribution in [2.24, 2.45) is 0 Å². The molecular formula is C73H70F21NO13S7. The van der Waals surface area contributed by atoms with Gasteiger partial charge in [-0.2, -0.15) is 82.7 Å². The molecule has 0 heterocycles. The van der Waals surface area contributed by atoms with Gasteiger partial charge in [0.15, 0.2) is 59.5 Å². The van der Waals surface area contributed by atoms with E-state index in [9.17, 15) is 139 Å². The standard InChI is InChI=1S/C19H23F9NO7S3.C18H24F6O6S2.2C18H12F3S/c1-9(2)12-7-13(10(3)4)15(14(8-12)11(5)6)36-39(34,35)18(24,25)16(20,21)17(22,23)37(30,31)29-38(32,33)19(26,27)28;1-9(2)12-7-13(10(3)4)15(14(8-12)11(5)6)30-32(28,29)18(23,24)16(19,20)17(21,22)31(25,26)27;2*19-13-1-7-16(8-2-13)22(17-9-3-14(20)4-10-17)18-11-5-15(21)6-12-18/h7-11H,1-6H3;7-11H,1-6H3,(H,25,26,27);2*1-12H/q-1;;2*+1/p-1. The minimum absolute atomic E-state index is 0.0193. The van der Waals surface area contributed by atoms with Crippen LogP contribution in [0.4, 0.5) is 92.2 Å². The zero-order chi connectivity index (χ0) is 88.1. The van der Waals surface area contributed by atoms with Crippen molar-refractivity contribution in [3.8, 4) is 11.5 Å². The van der Waals surface area contributed by atoms with Crippen LogP contribution in [0, 0.1) is 34.9 Å². The summed E-state index contributed by atoms with van der Waals surface area (Å²) < 4.78 is 419. The number of nitrogens with zero attached hydrogens (tertiary/aromatic N) is 1. The van der Waals surface area contributed by atoms with Crippen LogP contribution in [0.3, 0.4) is 0 Å². The van der Waals surface area contributed by atoms with Gasteiger partial charge in [-0.15, -0.1) is 0 Å². The van der Waals surface area contributed by atoms with E-state index in [1.165, 1.54) is 152 Å². The minimum atomic E-state index is -8.00. The lowest BCUT2D eigenvalue weighted by atomic mass is 9.88. The molecule has 0 bridgehead atoms. The van der Waals surface area contributed by atoms with Gasteiger partial charge < -0.3 is 17.0 Å². The summed E-state index contributed by atoms with van der Waals surface area (Å²) in [6, 6.07) is 42.5. The number of sulfonamides is 2. The van der Waals surface area contributed by atoms with E-state index < -0.39 is 146 Å². The zero-order valence-electron chi connectivity index (χ0n) is 61.7. The smallest absolute Gasteiger partial charge is 0.480 e. The Morgan fingerprint density at radius 2 is 0.487 bits per heavy atom. The molecule has 42 heteroatoms. The summed E-state index contributed by atoms with van der Waals surface area (Å²) in [6.45, 7) is 18.7. The van der Waals surface area contributed by atoms with Crippen LogP contribution in [0.25, 0.3) is 4.13 Å². The molecule has 8 aromatic rings. The SMILES string of the molecule is CC(C)c1cc(C(C)C)c(OS(=O)(=O)C(F)(F)C(F)(F)C(F)(F)S(=O)(=O)[N-]S(=O)(=O)C(F)(F)F)c(C(C)C)c1.CC(C)c1cc(C(C)C)c(OS(=O)(=O)C(F)(F)C(F)(F)C(F)(F)S(=O)(=O)[O-])c(C(C)C)c1.Fc1ccc([S+](c2ccc(F)cc2)c2ccc(F)cc2)cc1.Fc1ccc([S+](c2ccc(F)cc2)c2ccc(F)cc2)cc1. The van der Waals surface area contributed by atoms with E-state index in [0.29, 0.717) is 15.3 Å². The Bertz CT molecular complexity index is 4870. The summed E-state index contributed by atoms with van der Waals surface area (Å²) in [5.74, 6) is -21.3. The maximum atomic E-state index is 14.6. The Balaban J connectivity index is 0.000000281. The van der Waals surface area contributed by atoms with Gasteiger partial charge in [0.2, 0.25) is 0 Å². The average molecular weight is 1790 g/mol. The van der Waals surface area contributed by atoms with E-state index in [0.717, 1.165) is 29.4 Å². The second kappa shape index (κ2) is 36.6. The predicted molar refractivity (Wildman–Crippen MR) is 386 cm³/mol. The number of halogens is 21. The van der Waals surface area contributed by atoms with Gasteiger partial charge in [0.1, 0.15) is 46.4 Å². The van der Waals surface area contributed by atoms with Crippen LogP contribution in [0.2, 0.25) is 0 Å². The maximum absolute atomic E-state index is 14.6. The Morgan fingerprint density at radius 1 is 0.296 bits per heavy atom. The highest BCUT2D eigenvalue weighted by Crippen LogP contribution is 2.56. The number of alkyl halides is 15. The summed E-state index contributed by atoms with van der Waals surface area (Å²) in [5, 5.41) is -28.4. The van der Waals surface area contributed by atoms with Gasteiger partial charge in [-0.3, -0.25) is 0 Å². The largest absolute Gasteiger partial charge is 0.743 e.